The number of nitrogens with two attached hydrogens (primary N) is 1. The number of fused-ring (bicyclic) bond motifs is 1. The zero-order valence-corrected chi connectivity index (χ0v) is 14.1. The first-order valence-corrected chi connectivity index (χ1v) is 7.69. The Bertz CT molecular complexity index is 886. The average Bonchev–Trinajstić information content (AvgIpc) is 3.09. The predicted octanol–water partition coefficient (Wildman–Crippen LogP) is 0.750. The molecular formula is C16H20LiN5O4. The van der Waals surface area contributed by atoms with Gasteiger partial charge in [0.25, 0.3) is 0 Å². The molecule has 9 nitrogen and oxygen atoms in total. The molecule has 0 aromatic carbocycles. The summed E-state index contributed by atoms with van der Waals surface area (Å²) in [6, 6.07) is 2.41. The van der Waals surface area contributed by atoms with E-state index in [4.69, 9.17) is 10.5 Å². The number of ether oxygens (including phenoxy) is 1. The van der Waals surface area contributed by atoms with Crippen LogP contribution >= 0.6 is 0 Å². The van der Waals surface area contributed by atoms with Crippen molar-refractivity contribution in [3.8, 4) is 0 Å². The van der Waals surface area contributed by atoms with Crippen LogP contribution in [0.4, 0.5) is 10.6 Å². The van der Waals surface area contributed by atoms with Crippen LogP contribution in [0.5, 0.6) is 0 Å². The number of carboxylic acids is 1. The molecule has 10 heteroatoms. The molecule has 1 amide bonds. The van der Waals surface area contributed by atoms with Gasteiger partial charge >= 0.3 is 30.9 Å². The molecule has 0 saturated carbocycles. The first-order valence-electron chi connectivity index (χ1n) is 7.69. The van der Waals surface area contributed by atoms with Gasteiger partial charge in [0, 0.05) is 0 Å². The summed E-state index contributed by atoms with van der Waals surface area (Å²) in [5.41, 5.74) is 7.02. The van der Waals surface area contributed by atoms with E-state index in [-0.39, 0.29) is 25.4 Å². The molecule has 3 N–H and O–H groups in total. The van der Waals surface area contributed by atoms with Gasteiger partial charge in [-0.05, 0) is 44.6 Å². The molecule has 0 saturated heterocycles. The Hall–Kier alpha value is -2.50. The number of nitrogen functional groups attached to an aromatic ring is 1. The number of aliphatic carboxylic acids is 1. The Kier molecular flexibility index (Phi) is 5.35. The summed E-state index contributed by atoms with van der Waals surface area (Å²) in [5.74, 6) is -0.811. The summed E-state index contributed by atoms with van der Waals surface area (Å²) in [6.07, 6.45) is 2.16. The van der Waals surface area contributed by atoms with Crippen molar-refractivity contribution in [3.63, 3.8) is 0 Å². The molecule has 0 radical (unpaired) electrons. The summed E-state index contributed by atoms with van der Waals surface area (Å²) in [7, 11) is 0. The normalized spacial score (nSPS) is 17.0. The Labute approximate surface area is 162 Å². The van der Waals surface area contributed by atoms with Crippen LogP contribution in [0, 0.1) is 0 Å². The van der Waals surface area contributed by atoms with Crippen LogP contribution in [0.1, 0.15) is 26.5 Å². The average molecular weight is 353 g/mol. The standard InChI is InChI=1S/C16H19N5O4.Li.H/c1-16(2,3)25-15(24)20-7-9(6-12(20)14(22)23)10-4-5-11-13(17)18-8-19-21(10)11;;/h4-6,8,12H,7H2,1-3H3,(H,22,23)(H2,17,18,19);;/t12-;;/m0../s1. The van der Waals surface area contributed by atoms with Gasteiger partial charge < -0.3 is 15.6 Å². The van der Waals surface area contributed by atoms with E-state index in [1.807, 2.05) is 0 Å². The van der Waals surface area contributed by atoms with E-state index in [1.165, 1.54) is 17.3 Å². The second kappa shape index (κ2) is 7.02. The third kappa shape index (κ3) is 3.69. The molecule has 1 aliphatic rings. The topological polar surface area (TPSA) is 123 Å². The number of rotatable bonds is 2. The van der Waals surface area contributed by atoms with Crippen molar-refractivity contribution < 1.29 is 19.4 Å². The monoisotopic (exact) mass is 353 g/mol. The molecule has 0 bridgehead atoms. The van der Waals surface area contributed by atoms with Crippen molar-refractivity contribution in [1.82, 2.24) is 19.5 Å². The van der Waals surface area contributed by atoms with Crippen LogP contribution in [-0.2, 0) is 9.53 Å². The van der Waals surface area contributed by atoms with Crippen LogP contribution in [0.25, 0.3) is 11.1 Å². The van der Waals surface area contributed by atoms with Crippen LogP contribution in [0.2, 0.25) is 0 Å². The Morgan fingerprint density at radius 3 is 2.65 bits per heavy atom. The number of hydrogen-bond donors (Lipinski definition) is 2. The van der Waals surface area contributed by atoms with E-state index in [9.17, 15) is 14.7 Å². The molecule has 3 heterocycles. The number of carbonyl (C=O) groups is 2. The maximum atomic E-state index is 12.4. The van der Waals surface area contributed by atoms with Gasteiger partial charge in [-0.15, -0.1) is 0 Å². The van der Waals surface area contributed by atoms with Crippen LogP contribution in [0.15, 0.2) is 24.5 Å². The number of aromatic nitrogens is 3. The molecule has 0 spiro atoms. The number of carbonyl (C=O) groups excluding carboxylic acids is 1. The first-order chi connectivity index (χ1) is 11.7. The van der Waals surface area contributed by atoms with E-state index in [1.54, 1.807) is 37.4 Å². The second-order valence-corrected chi connectivity index (χ2v) is 6.74. The second-order valence-electron chi connectivity index (χ2n) is 6.74. The Morgan fingerprint density at radius 1 is 1.35 bits per heavy atom. The molecule has 134 valence electrons. The SMILES string of the molecule is CC(C)(C)OC(=O)N1CC(c2ccc3c(N)ncnn23)=C[C@H]1C(=O)O.[LiH]. The fraction of sp³-hybridized carbons (Fsp3) is 0.375. The van der Waals surface area contributed by atoms with Crippen LogP contribution in [-0.4, -0.2) is 73.7 Å². The third-order valence-electron chi connectivity index (χ3n) is 3.73. The van der Waals surface area contributed by atoms with Crippen molar-refractivity contribution in [2.45, 2.75) is 32.4 Å². The molecule has 2 aromatic rings. The Balaban J connectivity index is 0.00000243. The summed E-state index contributed by atoms with van der Waals surface area (Å²) in [4.78, 5) is 29.0. The van der Waals surface area contributed by atoms with E-state index in [2.05, 4.69) is 10.1 Å². The van der Waals surface area contributed by atoms with Crippen molar-refractivity contribution in [2.75, 3.05) is 12.3 Å². The van der Waals surface area contributed by atoms with Gasteiger partial charge in [-0.25, -0.2) is 19.1 Å². The van der Waals surface area contributed by atoms with Gasteiger partial charge in [0.05, 0.1) is 12.2 Å². The fourth-order valence-corrected chi connectivity index (χ4v) is 2.68. The van der Waals surface area contributed by atoms with E-state index < -0.39 is 23.7 Å². The van der Waals surface area contributed by atoms with Crippen molar-refractivity contribution in [3.05, 3.63) is 30.2 Å². The predicted molar refractivity (Wildman–Crippen MR) is 96.9 cm³/mol. The van der Waals surface area contributed by atoms with Gasteiger partial charge in [0.1, 0.15) is 17.4 Å². The number of amides is 1. The van der Waals surface area contributed by atoms with Crippen LogP contribution < -0.4 is 5.73 Å². The van der Waals surface area contributed by atoms with E-state index in [0.29, 0.717) is 22.6 Å². The Morgan fingerprint density at radius 2 is 2.04 bits per heavy atom. The number of carboxylic acid groups (broad SMARTS) is 1. The van der Waals surface area contributed by atoms with E-state index >= 15 is 0 Å². The summed E-state index contributed by atoms with van der Waals surface area (Å²) >= 11 is 0. The number of hydrogen-bond acceptors (Lipinski definition) is 6. The van der Waals surface area contributed by atoms with E-state index in [0.717, 1.165) is 0 Å². The molecule has 0 fully saturated rings. The third-order valence-corrected chi connectivity index (χ3v) is 3.73. The minimum atomic E-state index is -1.13. The summed E-state index contributed by atoms with van der Waals surface area (Å²) in [6.45, 7) is 5.28. The first kappa shape index (κ1) is 19.8. The van der Waals surface area contributed by atoms with Gasteiger partial charge in [-0.1, -0.05) is 0 Å². The number of nitrogens with zero attached hydrogens (tertiary/aromatic N) is 4. The molecule has 1 aliphatic heterocycles. The van der Waals surface area contributed by atoms with Gasteiger partial charge in [-0.2, -0.15) is 5.10 Å². The summed E-state index contributed by atoms with van der Waals surface area (Å²) < 4.78 is 6.89. The molecule has 3 rings (SSSR count). The fourth-order valence-electron chi connectivity index (χ4n) is 2.68. The molecule has 26 heavy (non-hydrogen) atoms. The van der Waals surface area contributed by atoms with Gasteiger partial charge in [0.2, 0.25) is 0 Å². The summed E-state index contributed by atoms with van der Waals surface area (Å²) in [5, 5.41) is 13.6. The maximum absolute atomic E-state index is 12.4. The van der Waals surface area contributed by atoms with Gasteiger partial charge in [0.15, 0.2) is 11.9 Å². The zero-order chi connectivity index (χ0) is 18.4. The zero-order valence-electron chi connectivity index (χ0n) is 14.1. The molecule has 0 unspecified atom stereocenters. The molecule has 2 aromatic heterocycles. The van der Waals surface area contributed by atoms with Crippen molar-refractivity contribution in [1.29, 1.82) is 0 Å². The molecule has 0 aliphatic carbocycles. The minimum absolute atomic E-state index is 0. The molecule has 1 atom stereocenters. The van der Waals surface area contributed by atoms with Gasteiger partial charge in [-0.3, -0.25) is 4.90 Å². The van der Waals surface area contributed by atoms with Crippen molar-refractivity contribution in [2.24, 2.45) is 0 Å². The van der Waals surface area contributed by atoms with Crippen LogP contribution in [0.3, 0.4) is 0 Å². The number of anilines is 1. The quantitative estimate of drug-likeness (QED) is 0.764. The van der Waals surface area contributed by atoms with Crippen molar-refractivity contribution >= 4 is 47.8 Å². The molecular weight excluding hydrogens is 333 g/mol.